The van der Waals surface area contributed by atoms with Gasteiger partial charge in [-0.2, -0.15) is 0 Å². The van der Waals surface area contributed by atoms with Crippen LogP contribution in [0.5, 0.6) is 23.0 Å². The molecule has 0 saturated carbocycles. The summed E-state index contributed by atoms with van der Waals surface area (Å²) in [4.78, 5) is 0. The van der Waals surface area contributed by atoms with Gasteiger partial charge >= 0.3 is 0 Å². The molecule has 2 N–H and O–H groups in total. The van der Waals surface area contributed by atoms with Crippen molar-refractivity contribution in [2.24, 2.45) is 10.3 Å². The molecule has 0 bridgehead atoms. The second-order valence-electron chi connectivity index (χ2n) is 7.31. The average molecular weight is 475 g/mol. The highest BCUT2D eigenvalue weighted by Crippen LogP contribution is 2.30. The highest BCUT2D eigenvalue weighted by molar-refractivity contribution is 5.99. The van der Waals surface area contributed by atoms with Gasteiger partial charge < -0.3 is 38.8 Å². The summed E-state index contributed by atoms with van der Waals surface area (Å²) in [5.74, 6) is 2.16. The van der Waals surface area contributed by atoms with Crippen molar-refractivity contribution in [2.75, 3.05) is 52.9 Å². The number of benzene rings is 2. The van der Waals surface area contributed by atoms with E-state index in [1.165, 1.54) is 0 Å². The number of nitrogens with zero attached hydrogens (tertiary/aromatic N) is 2. The van der Waals surface area contributed by atoms with E-state index < -0.39 is 0 Å². The van der Waals surface area contributed by atoms with Crippen molar-refractivity contribution in [3.05, 3.63) is 47.5 Å². The Morgan fingerprint density at radius 3 is 1.26 bits per heavy atom. The molecule has 0 fully saturated rings. The number of fused-ring (bicyclic) bond motifs is 2. The van der Waals surface area contributed by atoms with E-state index in [-0.39, 0.29) is 0 Å². The normalized spacial score (nSPS) is 16.9. The van der Waals surface area contributed by atoms with Crippen LogP contribution in [0, 0.1) is 0 Å². The minimum atomic E-state index is 0.300. The average Bonchev–Trinajstić information content (AvgIpc) is 2.87. The second kappa shape index (κ2) is 13.3. The Morgan fingerprint density at radius 2 is 0.912 bits per heavy atom. The first-order valence-electron chi connectivity index (χ1n) is 10.9. The number of ether oxygens (including phenoxy) is 6. The molecule has 0 atom stereocenters. The Morgan fingerprint density at radius 1 is 0.559 bits per heavy atom. The van der Waals surface area contributed by atoms with Gasteiger partial charge in [0.05, 0.1) is 37.9 Å². The molecule has 1 heterocycles. The van der Waals surface area contributed by atoms with Crippen LogP contribution in [0.15, 0.2) is 46.7 Å². The zero-order valence-corrected chi connectivity index (χ0v) is 19.4. The zero-order valence-electron chi connectivity index (χ0n) is 19.4. The van der Waals surface area contributed by atoms with Crippen LogP contribution in [0.1, 0.15) is 25.0 Å². The monoisotopic (exact) mass is 474 g/mol. The molecule has 0 amide bonds. The van der Waals surface area contributed by atoms with E-state index in [0.717, 1.165) is 11.1 Å². The van der Waals surface area contributed by atoms with Gasteiger partial charge in [-0.05, 0) is 50.2 Å². The minimum absolute atomic E-state index is 0.300. The predicted molar refractivity (Wildman–Crippen MR) is 124 cm³/mol. The molecule has 10 heteroatoms. The third-order valence-corrected chi connectivity index (χ3v) is 4.96. The molecule has 0 aliphatic carbocycles. The summed E-state index contributed by atoms with van der Waals surface area (Å²) < 4.78 is 34.6. The summed E-state index contributed by atoms with van der Waals surface area (Å²) in [6.45, 7) is 6.02. The van der Waals surface area contributed by atoms with E-state index in [0.29, 0.717) is 87.3 Å². The molecule has 0 spiro atoms. The van der Waals surface area contributed by atoms with Crippen LogP contribution in [0.2, 0.25) is 0 Å². The predicted octanol–water partition coefficient (Wildman–Crippen LogP) is 3.35. The topological polar surface area (TPSA) is 121 Å². The summed E-state index contributed by atoms with van der Waals surface area (Å²) in [6, 6.07) is 10.6. The molecule has 2 aromatic carbocycles. The maximum Gasteiger partial charge on any atom is 0.161 e. The fraction of sp³-hybridized carbons (Fsp3) is 0.417. The Hall–Kier alpha value is -3.50. The highest BCUT2D eigenvalue weighted by Gasteiger charge is 2.11. The smallest absolute Gasteiger partial charge is 0.161 e. The maximum atomic E-state index is 9.05. The molecule has 184 valence electrons. The molecule has 10 nitrogen and oxygen atoms in total. The maximum absolute atomic E-state index is 9.05. The molecule has 0 unspecified atom stereocenters. The lowest BCUT2D eigenvalue weighted by Crippen LogP contribution is -2.15. The quantitative estimate of drug-likeness (QED) is 0.386. The van der Waals surface area contributed by atoms with Gasteiger partial charge in [-0.1, -0.05) is 10.3 Å². The van der Waals surface area contributed by atoms with E-state index in [2.05, 4.69) is 10.3 Å². The van der Waals surface area contributed by atoms with Crippen LogP contribution in [0.3, 0.4) is 0 Å². The molecule has 0 saturated heterocycles. The first kappa shape index (κ1) is 25.1. The van der Waals surface area contributed by atoms with Crippen LogP contribution in [0.4, 0.5) is 0 Å². The number of oxime groups is 2. The van der Waals surface area contributed by atoms with Crippen molar-refractivity contribution < 1.29 is 38.8 Å². The standard InChI is InChI=1S/C24H30N2O8/c1-17(25-27)19-3-5-21-23(15-19)33-13-9-29-8-12-32-22-6-4-20(18(2)26-28)16-24(22)34-14-10-30-7-11-31-21/h3-6,15-16,27-28H,7-14H2,1-2H3/b25-17-,26-18-. The highest BCUT2D eigenvalue weighted by atomic mass is 16.6. The van der Waals surface area contributed by atoms with Crippen molar-refractivity contribution >= 4 is 11.4 Å². The number of hydrogen-bond donors (Lipinski definition) is 2. The summed E-state index contributed by atoms with van der Waals surface area (Å²) in [6.07, 6.45) is 0. The van der Waals surface area contributed by atoms with Gasteiger partial charge in [0.25, 0.3) is 0 Å². The molecular formula is C24H30N2O8. The first-order chi connectivity index (χ1) is 16.6. The third-order valence-electron chi connectivity index (χ3n) is 4.96. The summed E-state index contributed by atoms with van der Waals surface area (Å²) >= 11 is 0. The van der Waals surface area contributed by atoms with Crippen LogP contribution in [0.25, 0.3) is 0 Å². The van der Waals surface area contributed by atoms with Crippen molar-refractivity contribution in [3.8, 4) is 23.0 Å². The van der Waals surface area contributed by atoms with Gasteiger partial charge in [-0.25, -0.2) is 0 Å². The molecular weight excluding hydrogens is 444 g/mol. The van der Waals surface area contributed by atoms with Crippen LogP contribution < -0.4 is 18.9 Å². The van der Waals surface area contributed by atoms with Gasteiger partial charge in [-0.3, -0.25) is 0 Å². The van der Waals surface area contributed by atoms with E-state index >= 15 is 0 Å². The van der Waals surface area contributed by atoms with Gasteiger partial charge in [0.15, 0.2) is 23.0 Å². The molecule has 34 heavy (non-hydrogen) atoms. The largest absolute Gasteiger partial charge is 0.487 e. The van der Waals surface area contributed by atoms with Gasteiger partial charge in [-0.15, -0.1) is 0 Å². The summed E-state index contributed by atoms with van der Waals surface area (Å²) in [5.41, 5.74) is 2.37. The van der Waals surface area contributed by atoms with Gasteiger partial charge in [0.2, 0.25) is 0 Å². The molecule has 1 aliphatic rings. The minimum Gasteiger partial charge on any atom is -0.487 e. The lowest BCUT2D eigenvalue weighted by Gasteiger charge is -2.16. The van der Waals surface area contributed by atoms with Gasteiger partial charge in [0.1, 0.15) is 26.4 Å². The lowest BCUT2D eigenvalue weighted by atomic mass is 10.1. The number of rotatable bonds is 2. The Kier molecular flexibility index (Phi) is 9.80. The summed E-state index contributed by atoms with van der Waals surface area (Å²) in [5, 5.41) is 24.6. The Bertz CT molecular complexity index is 913. The van der Waals surface area contributed by atoms with E-state index in [1.807, 2.05) is 0 Å². The third kappa shape index (κ3) is 7.26. The fourth-order valence-electron chi connectivity index (χ4n) is 3.09. The van der Waals surface area contributed by atoms with Crippen LogP contribution in [-0.4, -0.2) is 74.7 Å². The number of hydrogen-bond acceptors (Lipinski definition) is 10. The Balaban J connectivity index is 1.66. The van der Waals surface area contributed by atoms with Crippen molar-refractivity contribution in [1.82, 2.24) is 0 Å². The van der Waals surface area contributed by atoms with E-state index in [9.17, 15) is 0 Å². The fourth-order valence-corrected chi connectivity index (χ4v) is 3.09. The lowest BCUT2D eigenvalue weighted by molar-refractivity contribution is 0.0640. The molecule has 0 aromatic heterocycles. The van der Waals surface area contributed by atoms with Crippen molar-refractivity contribution in [2.45, 2.75) is 13.8 Å². The van der Waals surface area contributed by atoms with Gasteiger partial charge in [0, 0.05) is 11.1 Å². The Labute approximate surface area is 198 Å². The van der Waals surface area contributed by atoms with Crippen LogP contribution in [-0.2, 0) is 9.47 Å². The molecule has 3 rings (SSSR count). The first-order valence-corrected chi connectivity index (χ1v) is 10.9. The summed E-state index contributed by atoms with van der Waals surface area (Å²) in [7, 11) is 0. The SMILES string of the molecule is C/C(=N/O)c1ccc2c(c1)OCCOCCOc1ccc(/C(C)=N\O)cc1OCCOCCO2. The molecule has 2 aromatic rings. The van der Waals surface area contributed by atoms with E-state index in [1.54, 1.807) is 50.2 Å². The van der Waals surface area contributed by atoms with Crippen LogP contribution >= 0.6 is 0 Å². The molecule has 1 aliphatic heterocycles. The van der Waals surface area contributed by atoms with Crippen molar-refractivity contribution in [3.63, 3.8) is 0 Å². The zero-order chi connectivity index (χ0) is 24.2. The second-order valence-corrected chi connectivity index (χ2v) is 7.31. The van der Waals surface area contributed by atoms with Crippen molar-refractivity contribution in [1.29, 1.82) is 0 Å². The van der Waals surface area contributed by atoms with E-state index in [4.69, 9.17) is 38.8 Å². The molecule has 0 radical (unpaired) electrons.